The van der Waals surface area contributed by atoms with Crippen molar-refractivity contribution < 1.29 is 9.47 Å². The van der Waals surface area contributed by atoms with Crippen LogP contribution in [0.15, 0.2) is 131 Å². The quantitative estimate of drug-likeness (QED) is 0.234. The Kier molecular flexibility index (Phi) is 6.87. The molecule has 0 aliphatic heterocycles. The molecule has 0 aliphatic rings. The third kappa shape index (κ3) is 5.76. The van der Waals surface area contributed by atoms with Gasteiger partial charge in [0.05, 0.1) is 7.11 Å². The number of hydrogen-bond donors (Lipinski definition) is 0. The summed E-state index contributed by atoms with van der Waals surface area (Å²) in [6, 6.07) is 41.8. The Morgan fingerprint density at radius 3 is 1.20 bits per heavy atom. The zero-order chi connectivity index (χ0) is 24.0. The van der Waals surface area contributed by atoms with Crippen molar-refractivity contribution in [1.29, 1.82) is 0 Å². The van der Waals surface area contributed by atoms with Gasteiger partial charge in [-0.25, -0.2) is 0 Å². The first-order chi connectivity index (χ1) is 17.2. The highest BCUT2D eigenvalue weighted by molar-refractivity contribution is 7.99. The molecule has 0 saturated carbocycles. The molecular weight excluding hydrogens is 448 g/mol. The Labute approximate surface area is 211 Å². The molecule has 0 atom stereocenters. The van der Waals surface area contributed by atoms with Crippen LogP contribution in [0.4, 0.5) is 0 Å². The second-order valence-corrected chi connectivity index (χ2v) is 9.47. The molecule has 0 fully saturated rings. The van der Waals surface area contributed by atoms with Crippen LogP contribution in [0, 0.1) is 6.92 Å². The molecule has 5 aromatic rings. The Bertz CT molecular complexity index is 1370. The van der Waals surface area contributed by atoms with Crippen LogP contribution in [-0.2, 0) is 0 Å². The summed E-state index contributed by atoms with van der Waals surface area (Å²) in [6.07, 6.45) is 0. The monoisotopic (exact) mass is 474 g/mol. The third-order valence-corrected chi connectivity index (χ3v) is 6.83. The fraction of sp³-hybridized carbons (Fsp3) is 0.0625. The van der Waals surface area contributed by atoms with Gasteiger partial charge in [-0.2, -0.15) is 0 Å². The van der Waals surface area contributed by atoms with Crippen molar-refractivity contribution >= 4 is 11.8 Å². The minimum atomic E-state index is 0.822. The van der Waals surface area contributed by atoms with Gasteiger partial charge in [0.1, 0.15) is 17.2 Å². The van der Waals surface area contributed by atoms with E-state index in [1.54, 1.807) is 18.9 Å². The van der Waals surface area contributed by atoms with E-state index in [0.29, 0.717) is 0 Å². The van der Waals surface area contributed by atoms with Crippen molar-refractivity contribution in [2.24, 2.45) is 0 Å². The average molecular weight is 475 g/mol. The van der Waals surface area contributed by atoms with Crippen LogP contribution in [0.1, 0.15) is 5.56 Å². The molecule has 0 bridgehead atoms. The second kappa shape index (κ2) is 10.5. The van der Waals surface area contributed by atoms with Crippen LogP contribution in [-0.4, -0.2) is 7.11 Å². The van der Waals surface area contributed by atoms with Gasteiger partial charge in [-0.05, 0) is 89.8 Å². The lowest BCUT2D eigenvalue weighted by Gasteiger charge is -2.09. The first-order valence-electron chi connectivity index (χ1n) is 11.5. The van der Waals surface area contributed by atoms with E-state index in [0.717, 1.165) is 22.8 Å². The van der Waals surface area contributed by atoms with Crippen LogP contribution < -0.4 is 9.47 Å². The van der Waals surface area contributed by atoms with E-state index in [2.05, 4.69) is 91.9 Å². The number of aryl methyl sites for hydroxylation is 1. The van der Waals surface area contributed by atoms with E-state index in [4.69, 9.17) is 9.47 Å². The molecule has 0 saturated heterocycles. The van der Waals surface area contributed by atoms with E-state index in [1.165, 1.54) is 32.0 Å². The van der Waals surface area contributed by atoms with Gasteiger partial charge < -0.3 is 9.47 Å². The summed E-state index contributed by atoms with van der Waals surface area (Å²) in [5, 5.41) is 0. The highest BCUT2D eigenvalue weighted by Gasteiger charge is 2.04. The number of benzene rings is 5. The minimum Gasteiger partial charge on any atom is -0.497 e. The predicted molar refractivity (Wildman–Crippen MR) is 146 cm³/mol. The molecule has 0 aromatic heterocycles. The normalized spacial score (nSPS) is 10.7. The smallest absolute Gasteiger partial charge is 0.127 e. The molecule has 2 nitrogen and oxygen atoms in total. The van der Waals surface area contributed by atoms with Crippen molar-refractivity contribution in [2.45, 2.75) is 16.7 Å². The van der Waals surface area contributed by atoms with Crippen LogP contribution >= 0.6 is 11.8 Å². The van der Waals surface area contributed by atoms with E-state index in [-0.39, 0.29) is 0 Å². The summed E-state index contributed by atoms with van der Waals surface area (Å²) in [7, 11) is 1.68. The zero-order valence-corrected chi connectivity index (χ0v) is 20.6. The summed E-state index contributed by atoms with van der Waals surface area (Å²) in [6.45, 7) is 2.10. The van der Waals surface area contributed by atoms with E-state index in [1.807, 2.05) is 36.4 Å². The maximum atomic E-state index is 6.07. The van der Waals surface area contributed by atoms with Gasteiger partial charge in [0.25, 0.3) is 0 Å². The lowest BCUT2D eigenvalue weighted by Crippen LogP contribution is -1.85. The van der Waals surface area contributed by atoms with E-state index < -0.39 is 0 Å². The maximum absolute atomic E-state index is 6.07. The molecule has 0 amide bonds. The molecule has 0 heterocycles. The number of ether oxygens (including phenoxy) is 2. The fourth-order valence-electron chi connectivity index (χ4n) is 3.81. The van der Waals surface area contributed by atoms with Crippen molar-refractivity contribution in [3.8, 4) is 39.5 Å². The molecule has 0 N–H and O–H groups in total. The number of rotatable bonds is 7. The summed E-state index contributed by atoms with van der Waals surface area (Å²) < 4.78 is 11.3. The van der Waals surface area contributed by atoms with E-state index >= 15 is 0 Å². The molecule has 0 spiro atoms. The highest BCUT2D eigenvalue weighted by Crippen LogP contribution is 2.32. The lowest BCUT2D eigenvalue weighted by atomic mass is 10.0. The predicted octanol–water partition coefficient (Wildman–Crippen LogP) is 9.28. The van der Waals surface area contributed by atoms with Crippen molar-refractivity contribution in [1.82, 2.24) is 0 Å². The summed E-state index contributed by atoms with van der Waals surface area (Å²) >= 11 is 1.75. The Morgan fingerprint density at radius 1 is 0.429 bits per heavy atom. The Hall–Kier alpha value is -3.95. The van der Waals surface area contributed by atoms with Crippen molar-refractivity contribution in [3.05, 3.63) is 127 Å². The molecule has 5 rings (SSSR count). The lowest BCUT2D eigenvalue weighted by molar-refractivity contribution is 0.415. The minimum absolute atomic E-state index is 0.822. The highest BCUT2D eigenvalue weighted by atomic mass is 32.2. The van der Waals surface area contributed by atoms with Crippen molar-refractivity contribution in [2.75, 3.05) is 7.11 Å². The number of methoxy groups -OCH3 is 1. The first kappa shape index (κ1) is 22.8. The van der Waals surface area contributed by atoms with Gasteiger partial charge in [0, 0.05) is 9.79 Å². The van der Waals surface area contributed by atoms with Gasteiger partial charge in [-0.3, -0.25) is 0 Å². The van der Waals surface area contributed by atoms with Crippen LogP contribution in [0.3, 0.4) is 0 Å². The summed E-state index contributed by atoms with van der Waals surface area (Å²) in [5.74, 6) is 2.52. The topological polar surface area (TPSA) is 18.5 Å². The van der Waals surface area contributed by atoms with Gasteiger partial charge in [-0.15, -0.1) is 0 Å². The third-order valence-electron chi connectivity index (χ3n) is 5.81. The summed E-state index contributed by atoms with van der Waals surface area (Å²) in [4.78, 5) is 2.42. The Balaban J connectivity index is 1.22. The van der Waals surface area contributed by atoms with Crippen LogP contribution in [0.25, 0.3) is 22.3 Å². The van der Waals surface area contributed by atoms with Gasteiger partial charge >= 0.3 is 0 Å². The van der Waals surface area contributed by atoms with Gasteiger partial charge in [-0.1, -0.05) is 78.0 Å². The molecule has 3 heteroatoms. The van der Waals surface area contributed by atoms with Crippen LogP contribution in [0.2, 0.25) is 0 Å². The largest absolute Gasteiger partial charge is 0.497 e. The molecule has 0 aliphatic carbocycles. The zero-order valence-electron chi connectivity index (χ0n) is 19.8. The van der Waals surface area contributed by atoms with Gasteiger partial charge in [0.15, 0.2) is 0 Å². The Morgan fingerprint density at radius 2 is 0.771 bits per heavy atom. The SMILES string of the molecule is COc1ccc(-c2ccc(-c3ccc(Oc4ccc(Sc5ccc(C)cc5)cc4)cc3)cc2)cc1. The fourth-order valence-corrected chi connectivity index (χ4v) is 4.62. The molecule has 172 valence electrons. The van der Waals surface area contributed by atoms with Gasteiger partial charge in [0.2, 0.25) is 0 Å². The number of hydrogen-bond acceptors (Lipinski definition) is 3. The average Bonchev–Trinajstić information content (AvgIpc) is 2.92. The molecule has 35 heavy (non-hydrogen) atoms. The maximum Gasteiger partial charge on any atom is 0.127 e. The summed E-state index contributed by atoms with van der Waals surface area (Å²) in [5.41, 5.74) is 5.95. The first-order valence-corrected chi connectivity index (χ1v) is 12.4. The van der Waals surface area contributed by atoms with Crippen molar-refractivity contribution in [3.63, 3.8) is 0 Å². The van der Waals surface area contributed by atoms with Crippen LogP contribution in [0.5, 0.6) is 17.2 Å². The molecule has 0 unspecified atom stereocenters. The van der Waals surface area contributed by atoms with E-state index in [9.17, 15) is 0 Å². The molecule has 5 aromatic carbocycles. The standard InChI is InChI=1S/C32H26O2S/c1-23-3-19-31(20-4-23)35-32-21-17-30(18-22-32)34-29-15-11-27(12-16-29)25-7-5-24(6-8-25)26-9-13-28(33-2)14-10-26/h3-22H,1-2H3. The molecular formula is C32H26O2S. The second-order valence-electron chi connectivity index (χ2n) is 8.32. The molecule has 0 radical (unpaired) electrons.